The normalized spacial score (nSPS) is 24.8. The van der Waals surface area contributed by atoms with Crippen molar-refractivity contribution in [3.05, 3.63) is 29.8 Å². The zero-order chi connectivity index (χ0) is 17.3. The summed E-state index contributed by atoms with van der Waals surface area (Å²) in [5.41, 5.74) is 7.16. The van der Waals surface area contributed by atoms with Crippen LogP contribution in [0.25, 0.3) is 0 Å². The highest BCUT2D eigenvalue weighted by molar-refractivity contribution is 7.93. The summed E-state index contributed by atoms with van der Waals surface area (Å²) >= 11 is 0. The molecule has 132 valence electrons. The highest BCUT2D eigenvalue weighted by Crippen LogP contribution is 2.27. The number of sulfonamides is 1. The topological polar surface area (TPSA) is 83.7 Å². The van der Waals surface area contributed by atoms with E-state index in [2.05, 4.69) is 0 Å². The summed E-state index contributed by atoms with van der Waals surface area (Å²) < 4.78 is 25.6. The molecule has 0 spiro atoms. The lowest BCUT2D eigenvalue weighted by molar-refractivity contribution is 0.0584. The van der Waals surface area contributed by atoms with Crippen LogP contribution < -0.4 is 10.0 Å². The van der Waals surface area contributed by atoms with Gasteiger partial charge in [0.15, 0.2) is 0 Å². The standard InChI is InChI=1S/C17H25N3O3S/c1-13(18)16-8-2-3-9-19(16)17(21)14-6-4-7-15(12-14)20-10-5-11-24(20,22)23/h4,6-7,12-13,16H,2-3,5,8-11,18H2,1H3. The van der Waals surface area contributed by atoms with E-state index in [1.807, 2.05) is 11.8 Å². The predicted octanol–water partition coefficient (Wildman–Crippen LogP) is 1.57. The van der Waals surface area contributed by atoms with Crippen LogP contribution in [-0.2, 0) is 10.0 Å². The lowest BCUT2D eigenvalue weighted by Gasteiger charge is -2.38. The first-order valence-corrected chi connectivity index (χ1v) is 10.2. The Morgan fingerprint density at radius 2 is 2.04 bits per heavy atom. The molecule has 0 aromatic heterocycles. The molecule has 0 aliphatic carbocycles. The highest BCUT2D eigenvalue weighted by Gasteiger charge is 2.31. The Morgan fingerprint density at radius 3 is 2.71 bits per heavy atom. The fourth-order valence-corrected chi connectivity index (χ4v) is 5.20. The first kappa shape index (κ1) is 17.2. The predicted molar refractivity (Wildman–Crippen MR) is 94.5 cm³/mol. The molecule has 2 unspecified atom stereocenters. The van der Waals surface area contributed by atoms with Crippen LogP contribution in [0.15, 0.2) is 24.3 Å². The maximum absolute atomic E-state index is 12.9. The molecule has 7 heteroatoms. The molecule has 6 nitrogen and oxygen atoms in total. The van der Waals surface area contributed by atoms with Gasteiger partial charge in [-0.2, -0.15) is 0 Å². The van der Waals surface area contributed by atoms with Crippen molar-refractivity contribution in [3.8, 4) is 0 Å². The summed E-state index contributed by atoms with van der Waals surface area (Å²) in [4.78, 5) is 14.8. The van der Waals surface area contributed by atoms with Gasteiger partial charge in [0.25, 0.3) is 5.91 Å². The van der Waals surface area contributed by atoms with Gasteiger partial charge in [-0.1, -0.05) is 6.07 Å². The van der Waals surface area contributed by atoms with Crippen molar-refractivity contribution in [2.24, 2.45) is 5.73 Å². The molecule has 24 heavy (non-hydrogen) atoms. The molecule has 1 amide bonds. The van der Waals surface area contributed by atoms with Gasteiger partial charge < -0.3 is 10.6 Å². The number of hydrogen-bond donors (Lipinski definition) is 1. The number of hydrogen-bond acceptors (Lipinski definition) is 4. The molecule has 1 aromatic carbocycles. The largest absolute Gasteiger partial charge is 0.334 e. The Morgan fingerprint density at radius 1 is 1.25 bits per heavy atom. The number of rotatable bonds is 3. The van der Waals surface area contributed by atoms with E-state index < -0.39 is 10.0 Å². The number of piperidine rings is 1. The van der Waals surface area contributed by atoms with E-state index in [0.717, 1.165) is 19.3 Å². The van der Waals surface area contributed by atoms with Crippen molar-refractivity contribution >= 4 is 21.6 Å². The number of carbonyl (C=O) groups is 1. The Hall–Kier alpha value is -1.60. The van der Waals surface area contributed by atoms with Gasteiger partial charge >= 0.3 is 0 Å². The molecule has 1 aromatic rings. The SMILES string of the molecule is CC(N)C1CCCCN1C(=O)c1cccc(N2CCCS2(=O)=O)c1. The van der Waals surface area contributed by atoms with E-state index in [4.69, 9.17) is 5.73 Å². The number of benzene rings is 1. The molecule has 2 saturated heterocycles. The summed E-state index contributed by atoms with van der Waals surface area (Å²) in [5, 5.41) is 0. The smallest absolute Gasteiger partial charge is 0.254 e. The fourth-order valence-electron chi connectivity index (χ4n) is 3.65. The number of carbonyl (C=O) groups excluding carboxylic acids is 1. The van der Waals surface area contributed by atoms with Gasteiger partial charge in [0, 0.05) is 30.7 Å². The summed E-state index contributed by atoms with van der Waals surface area (Å²) in [6.07, 6.45) is 3.61. The van der Waals surface area contributed by atoms with Gasteiger partial charge in [-0.15, -0.1) is 0 Å². The van der Waals surface area contributed by atoms with Crippen molar-refractivity contribution in [1.29, 1.82) is 0 Å². The summed E-state index contributed by atoms with van der Waals surface area (Å²) in [6.45, 7) is 3.12. The Kier molecular flexibility index (Phi) is 4.83. The van der Waals surface area contributed by atoms with Gasteiger partial charge in [0.2, 0.25) is 10.0 Å². The molecular weight excluding hydrogens is 326 g/mol. The molecule has 2 atom stereocenters. The first-order valence-electron chi connectivity index (χ1n) is 8.57. The quantitative estimate of drug-likeness (QED) is 0.896. The third kappa shape index (κ3) is 3.28. The van der Waals surface area contributed by atoms with Gasteiger partial charge in [0.05, 0.1) is 11.4 Å². The van der Waals surface area contributed by atoms with Crippen molar-refractivity contribution in [2.75, 3.05) is 23.1 Å². The number of likely N-dealkylation sites (tertiary alicyclic amines) is 1. The second-order valence-corrected chi connectivity index (χ2v) is 8.73. The second kappa shape index (κ2) is 6.72. The van der Waals surface area contributed by atoms with Crippen LogP contribution in [0.2, 0.25) is 0 Å². The average Bonchev–Trinajstić information content (AvgIpc) is 2.93. The van der Waals surface area contributed by atoms with Crippen molar-refractivity contribution < 1.29 is 13.2 Å². The van der Waals surface area contributed by atoms with E-state index in [1.165, 1.54) is 4.31 Å². The number of anilines is 1. The van der Waals surface area contributed by atoms with Crippen LogP contribution in [0.3, 0.4) is 0 Å². The molecule has 0 saturated carbocycles. The van der Waals surface area contributed by atoms with Gasteiger partial charge in [-0.3, -0.25) is 9.10 Å². The molecule has 0 bridgehead atoms. The zero-order valence-corrected chi connectivity index (χ0v) is 14.8. The summed E-state index contributed by atoms with van der Waals surface area (Å²) in [7, 11) is -3.24. The molecular formula is C17H25N3O3S. The Bertz CT molecular complexity index is 718. The third-order valence-corrected chi connectivity index (χ3v) is 6.77. The van der Waals surface area contributed by atoms with Gasteiger partial charge in [0.1, 0.15) is 0 Å². The van der Waals surface area contributed by atoms with Crippen LogP contribution in [0.1, 0.15) is 43.0 Å². The average molecular weight is 351 g/mol. The molecule has 2 heterocycles. The van der Waals surface area contributed by atoms with Crippen LogP contribution >= 0.6 is 0 Å². The number of nitrogens with two attached hydrogens (primary N) is 1. The summed E-state index contributed by atoms with van der Waals surface area (Å²) in [5.74, 6) is 0.111. The van der Waals surface area contributed by atoms with E-state index in [-0.39, 0.29) is 23.7 Å². The van der Waals surface area contributed by atoms with Gasteiger partial charge in [-0.25, -0.2) is 8.42 Å². The molecule has 3 rings (SSSR count). The Labute approximate surface area is 143 Å². The van der Waals surface area contributed by atoms with Crippen molar-refractivity contribution in [2.45, 2.75) is 44.7 Å². The lowest BCUT2D eigenvalue weighted by atomic mass is 9.96. The van der Waals surface area contributed by atoms with Crippen LogP contribution in [0.5, 0.6) is 0 Å². The number of nitrogens with zero attached hydrogens (tertiary/aromatic N) is 2. The monoisotopic (exact) mass is 351 g/mol. The molecule has 2 aliphatic rings. The zero-order valence-electron chi connectivity index (χ0n) is 14.0. The molecule has 2 aliphatic heterocycles. The molecule has 0 radical (unpaired) electrons. The van der Waals surface area contributed by atoms with E-state index in [0.29, 0.717) is 30.8 Å². The minimum Gasteiger partial charge on any atom is -0.334 e. The maximum Gasteiger partial charge on any atom is 0.254 e. The highest BCUT2D eigenvalue weighted by atomic mass is 32.2. The van der Waals surface area contributed by atoms with E-state index in [1.54, 1.807) is 24.3 Å². The van der Waals surface area contributed by atoms with Crippen molar-refractivity contribution in [1.82, 2.24) is 4.90 Å². The lowest BCUT2D eigenvalue weighted by Crippen LogP contribution is -2.51. The Balaban J connectivity index is 1.87. The minimum atomic E-state index is -3.24. The van der Waals surface area contributed by atoms with Crippen molar-refractivity contribution in [3.63, 3.8) is 0 Å². The van der Waals surface area contributed by atoms with Gasteiger partial charge in [-0.05, 0) is 50.8 Å². The first-order chi connectivity index (χ1) is 11.4. The van der Waals surface area contributed by atoms with Crippen LogP contribution in [0.4, 0.5) is 5.69 Å². The molecule has 2 fully saturated rings. The maximum atomic E-state index is 12.9. The van der Waals surface area contributed by atoms with Crippen LogP contribution in [-0.4, -0.2) is 50.2 Å². The second-order valence-electron chi connectivity index (χ2n) is 6.71. The molecule has 2 N–H and O–H groups in total. The van der Waals surface area contributed by atoms with Crippen LogP contribution in [0, 0.1) is 0 Å². The fraction of sp³-hybridized carbons (Fsp3) is 0.588. The van der Waals surface area contributed by atoms with E-state index in [9.17, 15) is 13.2 Å². The summed E-state index contributed by atoms with van der Waals surface area (Å²) in [6, 6.07) is 6.92. The van der Waals surface area contributed by atoms with E-state index >= 15 is 0 Å². The third-order valence-electron chi connectivity index (χ3n) is 4.90. The number of amides is 1. The minimum absolute atomic E-state index is 0.0467.